The highest BCUT2D eigenvalue weighted by molar-refractivity contribution is 9.10. The molecule has 1 fully saturated rings. The highest BCUT2D eigenvalue weighted by Crippen LogP contribution is 2.22. The van der Waals surface area contributed by atoms with Crippen LogP contribution in [0.15, 0.2) is 28.7 Å². The minimum absolute atomic E-state index is 0.533. The number of benzene rings is 1. The van der Waals surface area contributed by atoms with Gasteiger partial charge in [-0.15, -0.1) is 0 Å². The van der Waals surface area contributed by atoms with Gasteiger partial charge in [-0.1, -0.05) is 12.1 Å². The van der Waals surface area contributed by atoms with Crippen LogP contribution in [-0.2, 0) is 4.74 Å². The third-order valence-corrected chi connectivity index (χ3v) is 3.39. The zero-order chi connectivity index (χ0) is 10.5. The van der Waals surface area contributed by atoms with Gasteiger partial charge in [0.1, 0.15) is 0 Å². The smallest absolute Gasteiger partial charge is 0.0642 e. The van der Waals surface area contributed by atoms with Gasteiger partial charge in [0.25, 0.3) is 0 Å². The van der Waals surface area contributed by atoms with E-state index in [2.05, 4.69) is 27.3 Å². The minimum Gasteiger partial charge on any atom is -0.382 e. The molecule has 0 amide bonds. The van der Waals surface area contributed by atoms with Gasteiger partial charge in [0.15, 0.2) is 0 Å². The summed E-state index contributed by atoms with van der Waals surface area (Å²) in [7, 11) is 0. The molecule has 0 spiro atoms. The summed E-state index contributed by atoms with van der Waals surface area (Å²) in [5, 5.41) is 3.34. The van der Waals surface area contributed by atoms with Gasteiger partial charge in [-0.25, -0.2) is 0 Å². The van der Waals surface area contributed by atoms with Crippen LogP contribution in [0.25, 0.3) is 0 Å². The van der Waals surface area contributed by atoms with Crippen LogP contribution < -0.4 is 5.32 Å². The van der Waals surface area contributed by atoms with E-state index in [1.54, 1.807) is 0 Å². The third-order valence-electron chi connectivity index (χ3n) is 2.70. The molecular formula is C12H16BrNO. The van der Waals surface area contributed by atoms with Crippen LogP contribution >= 0.6 is 15.9 Å². The van der Waals surface area contributed by atoms with Gasteiger partial charge in [-0.05, 0) is 47.3 Å². The molecule has 2 nitrogen and oxygen atoms in total. The van der Waals surface area contributed by atoms with Crippen molar-refractivity contribution in [3.63, 3.8) is 0 Å². The van der Waals surface area contributed by atoms with Gasteiger partial charge in [0, 0.05) is 16.7 Å². The molecule has 1 aromatic carbocycles. The molecule has 0 aliphatic heterocycles. The number of hydrogen-bond donors (Lipinski definition) is 1. The standard InChI is InChI=1S/C12H16BrNO/c13-11-6-1-2-7-12(11)14-8-9-15-10-4-3-5-10/h1-2,6-7,10,14H,3-5,8-9H2. The number of ether oxygens (including phenoxy) is 1. The summed E-state index contributed by atoms with van der Waals surface area (Å²) in [6.07, 6.45) is 4.36. The largest absolute Gasteiger partial charge is 0.382 e. The predicted molar refractivity (Wildman–Crippen MR) is 66.2 cm³/mol. The predicted octanol–water partition coefficient (Wildman–Crippen LogP) is 3.43. The second-order valence-corrected chi connectivity index (χ2v) is 4.68. The Hall–Kier alpha value is -0.540. The summed E-state index contributed by atoms with van der Waals surface area (Å²) in [5.41, 5.74) is 1.13. The Labute approximate surface area is 99.1 Å². The summed E-state index contributed by atoms with van der Waals surface area (Å²) < 4.78 is 6.77. The molecule has 1 saturated carbocycles. The first kappa shape index (κ1) is 11.0. The van der Waals surface area contributed by atoms with Gasteiger partial charge >= 0.3 is 0 Å². The molecule has 0 atom stereocenters. The van der Waals surface area contributed by atoms with Crippen molar-refractivity contribution in [3.8, 4) is 0 Å². The van der Waals surface area contributed by atoms with E-state index in [1.807, 2.05) is 18.2 Å². The summed E-state index contributed by atoms with van der Waals surface area (Å²) >= 11 is 3.50. The molecule has 82 valence electrons. The zero-order valence-corrected chi connectivity index (χ0v) is 10.3. The fourth-order valence-electron chi connectivity index (χ4n) is 1.55. The van der Waals surface area contributed by atoms with E-state index in [-0.39, 0.29) is 0 Å². The molecule has 0 heterocycles. The molecular weight excluding hydrogens is 254 g/mol. The van der Waals surface area contributed by atoms with Crippen LogP contribution in [0.2, 0.25) is 0 Å². The quantitative estimate of drug-likeness (QED) is 0.828. The van der Waals surface area contributed by atoms with Crippen LogP contribution in [0.3, 0.4) is 0 Å². The summed E-state index contributed by atoms with van der Waals surface area (Å²) in [6, 6.07) is 8.14. The molecule has 1 aliphatic rings. The molecule has 1 N–H and O–H groups in total. The van der Waals surface area contributed by atoms with Crippen LogP contribution in [-0.4, -0.2) is 19.3 Å². The molecule has 0 aromatic heterocycles. The van der Waals surface area contributed by atoms with Crippen molar-refractivity contribution in [2.75, 3.05) is 18.5 Å². The van der Waals surface area contributed by atoms with Crippen LogP contribution in [0.1, 0.15) is 19.3 Å². The van der Waals surface area contributed by atoms with Crippen LogP contribution in [0.4, 0.5) is 5.69 Å². The van der Waals surface area contributed by atoms with Crippen molar-refractivity contribution in [1.82, 2.24) is 0 Å². The Balaban J connectivity index is 1.66. The van der Waals surface area contributed by atoms with Gasteiger partial charge in [-0.3, -0.25) is 0 Å². The lowest BCUT2D eigenvalue weighted by Crippen LogP contribution is -2.24. The zero-order valence-electron chi connectivity index (χ0n) is 8.71. The number of halogens is 1. The fourth-order valence-corrected chi connectivity index (χ4v) is 1.98. The van der Waals surface area contributed by atoms with E-state index in [9.17, 15) is 0 Å². The van der Waals surface area contributed by atoms with E-state index in [4.69, 9.17) is 4.74 Å². The first-order valence-electron chi connectivity index (χ1n) is 5.46. The van der Waals surface area contributed by atoms with Crippen molar-refractivity contribution in [3.05, 3.63) is 28.7 Å². The highest BCUT2D eigenvalue weighted by Gasteiger charge is 2.16. The van der Waals surface area contributed by atoms with Crippen molar-refractivity contribution >= 4 is 21.6 Å². The number of hydrogen-bond acceptors (Lipinski definition) is 2. The Kier molecular flexibility index (Phi) is 4.03. The van der Waals surface area contributed by atoms with E-state index in [1.165, 1.54) is 19.3 Å². The monoisotopic (exact) mass is 269 g/mol. The highest BCUT2D eigenvalue weighted by atomic mass is 79.9. The first-order valence-corrected chi connectivity index (χ1v) is 6.25. The molecule has 0 bridgehead atoms. The molecule has 15 heavy (non-hydrogen) atoms. The lowest BCUT2D eigenvalue weighted by atomic mass is 9.96. The van der Waals surface area contributed by atoms with Crippen LogP contribution in [0.5, 0.6) is 0 Å². The SMILES string of the molecule is Brc1ccccc1NCCOC1CCC1. The molecule has 1 aromatic rings. The molecule has 2 rings (SSSR count). The Morgan fingerprint density at radius 1 is 1.33 bits per heavy atom. The van der Waals surface area contributed by atoms with Crippen molar-refractivity contribution in [1.29, 1.82) is 0 Å². The normalized spacial score (nSPS) is 16.1. The van der Waals surface area contributed by atoms with Crippen molar-refractivity contribution in [2.24, 2.45) is 0 Å². The van der Waals surface area contributed by atoms with Gasteiger partial charge < -0.3 is 10.1 Å². The summed E-state index contributed by atoms with van der Waals surface area (Å²) in [6.45, 7) is 1.67. The second-order valence-electron chi connectivity index (χ2n) is 3.83. The van der Waals surface area contributed by atoms with Gasteiger partial charge in [-0.2, -0.15) is 0 Å². The summed E-state index contributed by atoms with van der Waals surface area (Å²) in [4.78, 5) is 0. The number of rotatable bonds is 5. The number of para-hydroxylation sites is 1. The lowest BCUT2D eigenvalue weighted by Gasteiger charge is -2.25. The topological polar surface area (TPSA) is 21.3 Å². The molecule has 1 aliphatic carbocycles. The lowest BCUT2D eigenvalue weighted by molar-refractivity contribution is 0.00812. The second kappa shape index (κ2) is 5.52. The number of anilines is 1. The van der Waals surface area contributed by atoms with E-state index in [0.717, 1.165) is 23.3 Å². The average Bonchev–Trinajstić information content (AvgIpc) is 2.17. The van der Waals surface area contributed by atoms with E-state index in [0.29, 0.717) is 6.10 Å². The fraction of sp³-hybridized carbons (Fsp3) is 0.500. The number of nitrogens with one attached hydrogen (secondary N) is 1. The maximum absolute atomic E-state index is 5.66. The van der Waals surface area contributed by atoms with Gasteiger partial charge in [0.2, 0.25) is 0 Å². The Morgan fingerprint density at radius 2 is 2.13 bits per heavy atom. The van der Waals surface area contributed by atoms with Crippen molar-refractivity contribution < 1.29 is 4.74 Å². The molecule has 0 unspecified atom stereocenters. The Morgan fingerprint density at radius 3 is 2.80 bits per heavy atom. The molecule has 3 heteroatoms. The van der Waals surface area contributed by atoms with Gasteiger partial charge in [0.05, 0.1) is 12.7 Å². The summed E-state index contributed by atoms with van der Waals surface area (Å²) in [5.74, 6) is 0. The van der Waals surface area contributed by atoms with Crippen molar-refractivity contribution in [2.45, 2.75) is 25.4 Å². The Bertz CT molecular complexity index is 312. The maximum Gasteiger partial charge on any atom is 0.0642 e. The molecule has 0 radical (unpaired) electrons. The molecule has 0 saturated heterocycles. The van der Waals surface area contributed by atoms with E-state index >= 15 is 0 Å². The minimum atomic E-state index is 0.533. The first-order chi connectivity index (χ1) is 7.36. The maximum atomic E-state index is 5.66. The van der Waals surface area contributed by atoms with Crippen LogP contribution in [0, 0.1) is 0 Å². The third kappa shape index (κ3) is 3.21. The van der Waals surface area contributed by atoms with E-state index < -0.39 is 0 Å². The average molecular weight is 270 g/mol.